The summed E-state index contributed by atoms with van der Waals surface area (Å²) in [5.41, 5.74) is 1.25. The van der Waals surface area contributed by atoms with Crippen LogP contribution in [0, 0.1) is 0 Å². The van der Waals surface area contributed by atoms with E-state index in [4.69, 9.17) is 14.3 Å². The van der Waals surface area contributed by atoms with Crippen molar-refractivity contribution in [1.82, 2.24) is 0 Å². The van der Waals surface area contributed by atoms with Crippen molar-refractivity contribution in [1.29, 1.82) is 0 Å². The summed E-state index contributed by atoms with van der Waals surface area (Å²) in [4.78, 5) is 17.2. The van der Waals surface area contributed by atoms with Gasteiger partial charge in [0.15, 0.2) is 0 Å². The quantitative estimate of drug-likeness (QED) is 0.741. The lowest BCUT2D eigenvalue weighted by Gasteiger charge is -2.05. The Hall–Kier alpha value is -0.630. The lowest BCUT2D eigenvalue weighted by Crippen LogP contribution is -1.87. The molecule has 0 aliphatic heterocycles. The van der Waals surface area contributed by atoms with Crippen LogP contribution in [-0.2, 0) is 6.42 Å². The third-order valence-electron chi connectivity index (χ3n) is 1.93. The van der Waals surface area contributed by atoms with Crippen molar-refractivity contribution in [2.24, 2.45) is 0 Å². The summed E-state index contributed by atoms with van der Waals surface area (Å²) in [6.07, 6.45) is 3.41. The summed E-state index contributed by atoms with van der Waals surface area (Å²) in [6.45, 7) is 2.15. The maximum atomic E-state index is 8.61. The molecule has 0 aliphatic rings. The molecule has 78 valence electrons. The molecule has 0 bridgehead atoms. The molecule has 0 fully saturated rings. The van der Waals surface area contributed by atoms with Crippen molar-refractivity contribution in [2.75, 3.05) is 0 Å². The third-order valence-corrected chi connectivity index (χ3v) is 2.30. The number of aryl methyl sites for hydroxylation is 1. The molecular weight excluding hydrogens is 199 g/mol. The number of rotatable bonds is 5. The third kappa shape index (κ3) is 4.05. The summed E-state index contributed by atoms with van der Waals surface area (Å²) in [6, 6.07) is 7.41. The van der Waals surface area contributed by atoms with E-state index in [1.165, 1.54) is 18.4 Å². The van der Waals surface area contributed by atoms with Gasteiger partial charge in [-0.3, -0.25) is 0 Å². The molecule has 0 atom stereocenters. The van der Waals surface area contributed by atoms with E-state index in [9.17, 15) is 0 Å². The van der Waals surface area contributed by atoms with Crippen LogP contribution >= 0.6 is 8.60 Å². The maximum Gasteiger partial charge on any atom is 0.391 e. The van der Waals surface area contributed by atoms with Crippen LogP contribution < -0.4 is 4.52 Å². The van der Waals surface area contributed by atoms with Crippen LogP contribution in [0.25, 0.3) is 0 Å². The summed E-state index contributed by atoms with van der Waals surface area (Å²) in [5, 5.41) is 0. The fourth-order valence-electron chi connectivity index (χ4n) is 1.19. The molecule has 0 heterocycles. The molecule has 1 aromatic carbocycles. The van der Waals surface area contributed by atoms with Crippen molar-refractivity contribution in [3.8, 4) is 5.75 Å². The Morgan fingerprint density at radius 2 is 1.86 bits per heavy atom. The minimum absolute atomic E-state index is 0.501. The van der Waals surface area contributed by atoms with Gasteiger partial charge in [0.1, 0.15) is 5.75 Å². The van der Waals surface area contributed by atoms with Gasteiger partial charge in [-0.25, -0.2) is 0 Å². The molecule has 2 N–H and O–H groups in total. The molecule has 0 amide bonds. The van der Waals surface area contributed by atoms with Gasteiger partial charge in [-0.2, -0.15) is 0 Å². The first-order valence-corrected chi connectivity index (χ1v) is 5.83. The zero-order valence-corrected chi connectivity index (χ0v) is 9.08. The molecule has 0 aromatic heterocycles. The van der Waals surface area contributed by atoms with Crippen molar-refractivity contribution >= 4 is 8.60 Å². The maximum absolute atomic E-state index is 8.61. The van der Waals surface area contributed by atoms with Crippen LogP contribution in [0.5, 0.6) is 5.75 Å². The number of hydrogen-bond acceptors (Lipinski definition) is 3. The average molecular weight is 214 g/mol. The normalized spacial score (nSPS) is 10.6. The lowest BCUT2D eigenvalue weighted by molar-refractivity contribution is 0.375. The van der Waals surface area contributed by atoms with E-state index in [0.717, 1.165) is 6.42 Å². The van der Waals surface area contributed by atoms with Gasteiger partial charge < -0.3 is 14.3 Å². The van der Waals surface area contributed by atoms with Gasteiger partial charge in [0.05, 0.1) is 0 Å². The second-order valence-electron chi connectivity index (χ2n) is 3.09. The highest BCUT2D eigenvalue weighted by Crippen LogP contribution is 2.28. The molecule has 0 radical (unpaired) electrons. The zero-order valence-electron chi connectivity index (χ0n) is 8.18. The van der Waals surface area contributed by atoms with Gasteiger partial charge in [-0.15, -0.1) is 0 Å². The molecule has 1 aromatic rings. The monoisotopic (exact) mass is 214 g/mol. The topological polar surface area (TPSA) is 49.7 Å². The first kappa shape index (κ1) is 11.4. The number of unbranched alkanes of at least 4 members (excludes halogenated alkanes) is 1. The highest BCUT2D eigenvalue weighted by atomic mass is 31.2. The van der Waals surface area contributed by atoms with Crippen molar-refractivity contribution in [3.05, 3.63) is 29.8 Å². The minimum atomic E-state index is -2.30. The summed E-state index contributed by atoms with van der Waals surface area (Å²) in [5.74, 6) is 0.501. The molecule has 0 spiro atoms. The number of hydrogen-bond donors (Lipinski definition) is 2. The standard InChI is InChI=1S/C10H15O3P/c1-2-3-4-9-5-7-10(8-6-9)13-14(11)12/h5-8,11-12H,2-4H2,1H3. The Kier molecular flexibility index (Phi) is 4.88. The molecule has 4 heteroatoms. The predicted octanol–water partition coefficient (Wildman–Crippen LogP) is 2.62. The van der Waals surface area contributed by atoms with Crippen LogP contribution in [0.2, 0.25) is 0 Å². The molecule has 0 saturated heterocycles. The van der Waals surface area contributed by atoms with Crippen LogP contribution in [0.4, 0.5) is 0 Å². The van der Waals surface area contributed by atoms with E-state index in [2.05, 4.69) is 6.92 Å². The first-order chi connectivity index (χ1) is 6.72. The Balaban J connectivity index is 2.50. The lowest BCUT2D eigenvalue weighted by atomic mass is 10.1. The van der Waals surface area contributed by atoms with E-state index in [-0.39, 0.29) is 0 Å². The summed E-state index contributed by atoms with van der Waals surface area (Å²) >= 11 is 0. The van der Waals surface area contributed by atoms with E-state index in [0.29, 0.717) is 5.75 Å². The molecule has 1 rings (SSSR count). The summed E-state index contributed by atoms with van der Waals surface area (Å²) < 4.78 is 4.75. The molecule has 3 nitrogen and oxygen atoms in total. The van der Waals surface area contributed by atoms with Gasteiger partial charge in [0, 0.05) is 0 Å². The largest absolute Gasteiger partial charge is 0.427 e. The molecule has 14 heavy (non-hydrogen) atoms. The van der Waals surface area contributed by atoms with Crippen molar-refractivity contribution in [2.45, 2.75) is 26.2 Å². The van der Waals surface area contributed by atoms with Gasteiger partial charge in [-0.1, -0.05) is 25.5 Å². The fourth-order valence-corrected chi connectivity index (χ4v) is 1.50. The average Bonchev–Trinajstić information content (AvgIpc) is 2.16. The second kappa shape index (κ2) is 5.97. The van der Waals surface area contributed by atoms with Gasteiger partial charge in [-0.05, 0) is 30.5 Å². The van der Waals surface area contributed by atoms with E-state index >= 15 is 0 Å². The van der Waals surface area contributed by atoms with Crippen LogP contribution in [-0.4, -0.2) is 9.79 Å². The zero-order chi connectivity index (χ0) is 10.4. The van der Waals surface area contributed by atoms with Gasteiger partial charge in [0.2, 0.25) is 0 Å². The SMILES string of the molecule is CCCCc1ccc(OP(O)O)cc1. The minimum Gasteiger partial charge on any atom is -0.427 e. The first-order valence-electron chi connectivity index (χ1n) is 4.67. The van der Waals surface area contributed by atoms with E-state index < -0.39 is 8.60 Å². The van der Waals surface area contributed by atoms with Crippen molar-refractivity contribution < 1.29 is 14.3 Å². The van der Waals surface area contributed by atoms with Crippen LogP contribution in [0.3, 0.4) is 0 Å². The molecular formula is C10H15O3P. The second-order valence-corrected chi connectivity index (χ2v) is 3.78. The highest BCUT2D eigenvalue weighted by molar-refractivity contribution is 7.39. The molecule has 0 aliphatic carbocycles. The van der Waals surface area contributed by atoms with Gasteiger partial charge >= 0.3 is 8.60 Å². The van der Waals surface area contributed by atoms with E-state index in [1.54, 1.807) is 12.1 Å². The molecule has 0 saturated carbocycles. The van der Waals surface area contributed by atoms with Crippen molar-refractivity contribution in [3.63, 3.8) is 0 Å². The Morgan fingerprint density at radius 1 is 1.21 bits per heavy atom. The smallest absolute Gasteiger partial charge is 0.391 e. The highest BCUT2D eigenvalue weighted by Gasteiger charge is 2.01. The number of benzene rings is 1. The molecule has 0 unspecified atom stereocenters. The summed E-state index contributed by atoms with van der Waals surface area (Å²) in [7, 11) is -2.30. The Morgan fingerprint density at radius 3 is 2.36 bits per heavy atom. The Labute approximate surface area is 85.4 Å². The van der Waals surface area contributed by atoms with Gasteiger partial charge in [0.25, 0.3) is 0 Å². The van der Waals surface area contributed by atoms with Crippen LogP contribution in [0.1, 0.15) is 25.3 Å². The predicted molar refractivity (Wildman–Crippen MR) is 57.0 cm³/mol. The fraction of sp³-hybridized carbons (Fsp3) is 0.400. The Bertz CT molecular complexity index is 259. The van der Waals surface area contributed by atoms with E-state index in [1.807, 2.05) is 12.1 Å². The van der Waals surface area contributed by atoms with Crippen LogP contribution in [0.15, 0.2) is 24.3 Å².